The third-order valence-corrected chi connectivity index (χ3v) is 5.50. The molecular formula is C20H19N5O2S. The fourth-order valence-corrected chi connectivity index (χ4v) is 3.54. The summed E-state index contributed by atoms with van der Waals surface area (Å²) in [7, 11) is 0. The number of amides is 1. The summed E-state index contributed by atoms with van der Waals surface area (Å²) in [4.78, 5) is 36.6. The van der Waals surface area contributed by atoms with E-state index in [1.165, 1.54) is 20.8 Å². The van der Waals surface area contributed by atoms with Crippen LogP contribution in [0.5, 0.6) is 0 Å². The second kappa shape index (κ2) is 7.05. The van der Waals surface area contributed by atoms with Gasteiger partial charge in [-0.05, 0) is 37.8 Å². The second-order valence-corrected chi connectivity index (χ2v) is 7.61. The van der Waals surface area contributed by atoms with E-state index in [4.69, 9.17) is 0 Å². The van der Waals surface area contributed by atoms with Crippen molar-refractivity contribution in [3.63, 3.8) is 0 Å². The van der Waals surface area contributed by atoms with E-state index in [2.05, 4.69) is 15.1 Å². The van der Waals surface area contributed by atoms with Crippen LogP contribution in [0.1, 0.15) is 32.1 Å². The molecule has 3 aromatic heterocycles. The first-order chi connectivity index (χ1) is 13.4. The number of rotatable bonds is 4. The van der Waals surface area contributed by atoms with E-state index in [1.807, 2.05) is 42.6 Å². The fourth-order valence-electron chi connectivity index (χ4n) is 2.87. The average molecular weight is 393 g/mol. The maximum atomic E-state index is 13.1. The van der Waals surface area contributed by atoms with Crippen molar-refractivity contribution in [2.75, 3.05) is 4.90 Å². The number of H-pyrrole nitrogens is 1. The first-order valence-corrected chi connectivity index (χ1v) is 9.69. The van der Waals surface area contributed by atoms with Crippen LogP contribution in [0.15, 0.2) is 46.6 Å². The number of fused-ring (bicyclic) bond motifs is 1. The van der Waals surface area contributed by atoms with Crippen molar-refractivity contribution in [2.45, 2.75) is 27.3 Å². The molecule has 0 unspecified atom stereocenters. The minimum absolute atomic E-state index is 0.184. The van der Waals surface area contributed by atoms with Gasteiger partial charge in [-0.25, -0.2) is 4.98 Å². The molecule has 7 nitrogen and oxygen atoms in total. The number of carbonyl (C=O) groups is 1. The van der Waals surface area contributed by atoms with Crippen LogP contribution < -0.4 is 10.5 Å². The first-order valence-electron chi connectivity index (χ1n) is 8.81. The first kappa shape index (κ1) is 18.1. The van der Waals surface area contributed by atoms with Gasteiger partial charge in [0.15, 0.2) is 0 Å². The van der Waals surface area contributed by atoms with Gasteiger partial charge in [0.2, 0.25) is 5.95 Å². The number of benzene rings is 1. The van der Waals surface area contributed by atoms with E-state index in [-0.39, 0.29) is 23.2 Å². The van der Waals surface area contributed by atoms with Gasteiger partial charge in [0.05, 0.1) is 11.4 Å². The fraction of sp³-hybridized carbons (Fsp3) is 0.200. The van der Waals surface area contributed by atoms with Crippen molar-refractivity contribution in [3.8, 4) is 0 Å². The number of nitrogens with zero attached hydrogens (tertiary/aromatic N) is 4. The highest BCUT2D eigenvalue weighted by Crippen LogP contribution is 2.20. The number of carbonyl (C=O) groups excluding carboxylic acids is 1. The molecule has 4 rings (SSSR count). The summed E-state index contributed by atoms with van der Waals surface area (Å²) < 4.78 is 1.28. The van der Waals surface area contributed by atoms with Gasteiger partial charge in [-0.1, -0.05) is 35.9 Å². The van der Waals surface area contributed by atoms with Crippen LogP contribution in [-0.2, 0) is 6.54 Å². The zero-order chi connectivity index (χ0) is 19.8. The van der Waals surface area contributed by atoms with Crippen LogP contribution in [0.3, 0.4) is 0 Å². The molecule has 0 bridgehead atoms. The third-order valence-electron chi connectivity index (χ3n) is 4.65. The molecule has 0 aliphatic heterocycles. The second-order valence-electron chi connectivity index (χ2n) is 6.66. The van der Waals surface area contributed by atoms with Crippen LogP contribution in [-0.4, -0.2) is 25.5 Å². The Balaban J connectivity index is 1.81. The minimum Gasteiger partial charge on any atom is -0.272 e. The van der Waals surface area contributed by atoms with Crippen LogP contribution >= 0.6 is 11.3 Å². The van der Waals surface area contributed by atoms with E-state index >= 15 is 0 Å². The third kappa shape index (κ3) is 3.22. The molecule has 0 aliphatic carbocycles. The molecule has 0 atom stereocenters. The number of anilines is 1. The van der Waals surface area contributed by atoms with Crippen molar-refractivity contribution < 1.29 is 4.79 Å². The maximum Gasteiger partial charge on any atom is 0.277 e. The zero-order valence-electron chi connectivity index (χ0n) is 15.8. The minimum atomic E-state index is -0.222. The average Bonchev–Trinajstić information content (AvgIpc) is 3.35. The van der Waals surface area contributed by atoms with Gasteiger partial charge < -0.3 is 0 Å². The number of hydrogen-bond donors (Lipinski definition) is 1. The summed E-state index contributed by atoms with van der Waals surface area (Å²) in [5, 5.41) is 4.80. The summed E-state index contributed by atoms with van der Waals surface area (Å²) in [5.74, 6) is 0.348. The molecule has 0 aliphatic rings. The molecule has 4 aromatic rings. The van der Waals surface area contributed by atoms with Crippen LogP contribution in [0, 0.1) is 20.8 Å². The van der Waals surface area contributed by atoms with Gasteiger partial charge in [-0.2, -0.15) is 9.50 Å². The molecule has 8 heteroatoms. The normalized spacial score (nSPS) is 11.1. The van der Waals surface area contributed by atoms with Crippen molar-refractivity contribution in [1.29, 1.82) is 0 Å². The van der Waals surface area contributed by atoms with Gasteiger partial charge >= 0.3 is 0 Å². The molecular weight excluding hydrogens is 374 g/mol. The summed E-state index contributed by atoms with van der Waals surface area (Å²) in [6.45, 7) is 5.83. The Morgan fingerprint density at radius 2 is 1.89 bits per heavy atom. The molecule has 1 aromatic carbocycles. The smallest absolute Gasteiger partial charge is 0.272 e. The highest BCUT2D eigenvalue weighted by atomic mass is 32.1. The molecule has 3 heterocycles. The standard InChI is InChI=1S/C20H19N5O2S/c1-12-6-8-15(9-7-12)11-24(18(27)16-5-4-10-28-16)20-22-19-21-14(3)13(2)17(26)25(19)23-20/h4-10H,11H2,1-3H3,(H,21,22,23). The summed E-state index contributed by atoms with van der Waals surface area (Å²) in [6, 6.07) is 11.6. The Morgan fingerprint density at radius 3 is 2.57 bits per heavy atom. The number of thiophene rings is 1. The van der Waals surface area contributed by atoms with E-state index < -0.39 is 0 Å². The van der Waals surface area contributed by atoms with Gasteiger partial charge in [-0.3, -0.25) is 19.6 Å². The molecule has 0 saturated carbocycles. The largest absolute Gasteiger partial charge is 0.277 e. The molecule has 1 N–H and O–H groups in total. The molecule has 0 fully saturated rings. The molecule has 0 saturated heterocycles. The Morgan fingerprint density at radius 1 is 1.14 bits per heavy atom. The monoisotopic (exact) mass is 393 g/mol. The van der Waals surface area contributed by atoms with Gasteiger partial charge in [-0.15, -0.1) is 11.3 Å². The maximum absolute atomic E-state index is 13.1. The molecule has 28 heavy (non-hydrogen) atoms. The predicted octanol–water partition coefficient (Wildman–Crippen LogP) is 3.25. The van der Waals surface area contributed by atoms with Crippen LogP contribution in [0.25, 0.3) is 5.78 Å². The van der Waals surface area contributed by atoms with Crippen LogP contribution in [0.4, 0.5) is 5.95 Å². The number of hydrogen-bond acceptors (Lipinski definition) is 5. The summed E-state index contributed by atoms with van der Waals surface area (Å²) in [6.07, 6.45) is 0. The summed E-state index contributed by atoms with van der Waals surface area (Å²) >= 11 is 1.36. The lowest BCUT2D eigenvalue weighted by atomic mass is 10.1. The van der Waals surface area contributed by atoms with Gasteiger partial charge in [0.1, 0.15) is 0 Å². The Bertz CT molecular complexity index is 1210. The van der Waals surface area contributed by atoms with Crippen molar-refractivity contribution >= 4 is 29.0 Å². The number of aromatic nitrogens is 4. The molecule has 0 spiro atoms. The van der Waals surface area contributed by atoms with E-state index in [1.54, 1.807) is 19.9 Å². The Labute approximate surface area is 165 Å². The number of aromatic amines is 1. The zero-order valence-corrected chi connectivity index (χ0v) is 16.6. The highest BCUT2D eigenvalue weighted by molar-refractivity contribution is 7.12. The van der Waals surface area contributed by atoms with Crippen molar-refractivity contribution in [3.05, 3.63) is 79.4 Å². The van der Waals surface area contributed by atoms with E-state index in [0.717, 1.165) is 11.1 Å². The highest BCUT2D eigenvalue weighted by Gasteiger charge is 2.23. The topological polar surface area (TPSA) is 83.4 Å². The lowest BCUT2D eigenvalue weighted by Crippen LogP contribution is -2.31. The number of nitrogens with one attached hydrogen (secondary N) is 1. The van der Waals surface area contributed by atoms with Crippen LogP contribution in [0.2, 0.25) is 0 Å². The SMILES string of the molecule is Cc1ccc(CN(C(=O)c2cccs2)c2nc3nc(C)c(C)c(=O)n3[nH]2)cc1. The quantitative estimate of drug-likeness (QED) is 0.577. The lowest BCUT2D eigenvalue weighted by Gasteiger charge is -2.19. The Hall–Kier alpha value is -3.26. The molecule has 1 amide bonds. The summed E-state index contributed by atoms with van der Waals surface area (Å²) in [5.41, 5.74) is 3.05. The lowest BCUT2D eigenvalue weighted by molar-refractivity contribution is 0.0987. The molecule has 142 valence electrons. The van der Waals surface area contributed by atoms with E-state index in [9.17, 15) is 9.59 Å². The van der Waals surface area contributed by atoms with Gasteiger partial charge in [0, 0.05) is 11.3 Å². The Kier molecular flexibility index (Phi) is 4.56. The van der Waals surface area contributed by atoms with Crippen molar-refractivity contribution in [2.24, 2.45) is 0 Å². The van der Waals surface area contributed by atoms with E-state index in [0.29, 0.717) is 22.7 Å². The molecule has 0 radical (unpaired) electrons. The number of aryl methyl sites for hydroxylation is 2. The van der Waals surface area contributed by atoms with Crippen molar-refractivity contribution in [1.82, 2.24) is 19.6 Å². The van der Waals surface area contributed by atoms with Gasteiger partial charge in [0.25, 0.3) is 17.2 Å². The predicted molar refractivity (Wildman–Crippen MR) is 109 cm³/mol.